The zero-order chi connectivity index (χ0) is 13.5. The van der Waals surface area contributed by atoms with E-state index >= 15 is 0 Å². The van der Waals surface area contributed by atoms with Crippen LogP contribution in [-0.4, -0.2) is 32.8 Å². The Morgan fingerprint density at radius 2 is 2.35 bits per heavy atom. The highest BCUT2D eigenvalue weighted by molar-refractivity contribution is 5.15. The second-order valence-electron chi connectivity index (χ2n) is 6.01. The number of hydrogen-bond acceptors (Lipinski definition) is 4. The summed E-state index contributed by atoms with van der Waals surface area (Å²) in [5.74, 6) is 2.02. The molecule has 1 unspecified atom stereocenters. The molecule has 2 aromatic heterocycles. The van der Waals surface area contributed by atoms with E-state index in [-0.39, 0.29) is 0 Å². The standard InChI is InChI=1S/C15H20N4O/c1-11-7-16-19(8-11)12-5-6-18(9-12)10-15-17-13-3-2-4-14(13)20-15/h7-8,12H,2-6,9-10H2,1H3. The van der Waals surface area contributed by atoms with Gasteiger partial charge in [-0.25, -0.2) is 4.98 Å². The van der Waals surface area contributed by atoms with Gasteiger partial charge in [0.05, 0.1) is 24.5 Å². The van der Waals surface area contributed by atoms with E-state index in [0.717, 1.165) is 50.5 Å². The number of aromatic nitrogens is 3. The summed E-state index contributed by atoms with van der Waals surface area (Å²) in [5.41, 5.74) is 2.42. The van der Waals surface area contributed by atoms with E-state index < -0.39 is 0 Å². The minimum atomic E-state index is 0.491. The third-order valence-corrected chi connectivity index (χ3v) is 4.35. The van der Waals surface area contributed by atoms with Gasteiger partial charge in [0, 0.05) is 25.7 Å². The van der Waals surface area contributed by atoms with Crippen molar-refractivity contribution < 1.29 is 4.42 Å². The molecule has 0 radical (unpaired) electrons. The topological polar surface area (TPSA) is 47.1 Å². The van der Waals surface area contributed by atoms with Crippen LogP contribution in [0.25, 0.3) is 0 Å². The van der Waals surface area contributed by atoms with Gasteiger partial charge in [-0.05, 0) is 31.7 Å². The Balaban J connectivity index is 1.41. The average molecular weight is 272 g/mol. The quantitative estimate of drug-likeness (QED) is 0.858. The van der Waals surface area contributed by atoms with Gasteiger partial charge in [0.2, 0.25) is 5.89 Å². The van der Waals surface area contributed by atoms with E-state index in [1.54, 1.807) is 0 Å². The summed E-state index contributed by atoms with van der Waals surface area (Å²) in [6.07, 6.45) is 8.58. The average Bonchev–Trinajstić information content (AvgIpc) is 3.12. The van der Waals surface area contributed by atoms with Crippen LogP contribution in [0.2, 0.25) is 0 Å². The largest absolute Gasteiger partial charge is 0.444 e. The Labute approximate surface area is 118 Å². The monoisotopic (exact) mass is 272 g/mol. The highest BCUT2D eigenvalue weighted by Gasteiger charge is 2.26. The van der Waals surface area contributed by atoms with Crippen LogP contribution in [0.3, 0.4) is 0 Å². The maximum absolute atomic E-state index is 5.86. The summed E-state index contributed by atoms with van der Waals surface area (Å²) < 4.78 is 7.96. The van der Waals surface area contributed by atoms with Gasteiger partial charge in [0.15, 0.2) is 0 Å². The fourth-order valence-electron chi connectivity index (χ4n) is 3.31. The number of rotatable bonds is 3. The molecule has 1 aliphatic carbocycles. The number of likely N-dealkylation sites (tertiary alicyclic amines) is 1. The van der Waals surface area contributed by atoms with Crippen molar-refractivity contribution in [1.29, 1.82) is 0 Å². The predicted octanol–water partition coefficient (Wildman–Crippen LogP) is 2.12. The zero-order valence-corrected chi connectivity index (χ0v) is 11.9. The molecule has 0 spiro atoms. The minimum Gasteiger partial charge on any atom is -0.444 e. The first kappa shape index (κ1) is 12.1. The van der Waals surface area contributed by atoms with Gasteiger partial charge in [0.25, 0.3) is 0 Å². The maximum atomic E-state index is 5.86. The smallest absolute Gasteiger partial charge is 0.208 e. The summed E-state index contributed by atoms with van der Waals surface area (Å²) in [6.45, 7) is 5.05. The van der Waals surface area contributed by atoms with E-state index in [4.69, 9.17) is 4.42 Å². The van der Waals surface area contributed by atoms with Crippen molar-refractivity contribution in [1.82, 2.24) is 19.7 Å². The van der Waals surface area contributed by atoms with Crippen molar-refractivity contribution in [2.45, 2.75) is 45.2 Å². The molecule has 1 fully saturated rings. The molecule has 0 N–H and O–H groups in total. The Bertz CT molecular complexity index is 594. The Hall–Kier alpha value is -1.62. The van der Waals surface area contributed by atoms with E-state index in [9.17, 15) is 0 Å². The summed E-state index contributed by atoms with van der Waals surface area (Å²) in [7, 11) is 0. The number of fused-ring (bicyclic) bond motifs is 1. The molecule has 0 aromatic carbocycles. The number of nitrogens with zero attached hydrogens (tertiary/aromatic N) is 4. The van der Waals surface area contributed by atoms with Gasteiger partial charge in [-0.3, -0.25) is 9.58 Å². The molecule has 3 heterocycles. The van der Waals surface area contributed by atoms with Crippen molar-refractivity contribution in [3.8, 4) is 0 Å². The first-order valence-electron chi connectivity index (χ1n) is 7.48. The molecule has 20 heavy (non-hydrogen) atoms. The molecule has 2 aliphatic rings. The van der Waals surface area contributed by atoms with E-state index in [0.29, 0.717) is 6.04 Å². The van der Waals surface area contributed by atoms with Gasteiger partial charge in [-0.2, -0.15) is 5.10 Å². The highest BCUT2D eigenvalue weighted by Crippen LogP contribution is 2.26. The first-order valence-corrected chi connectivity index (χ1v) is 7.48. The molecule has 0 amide bonds. The fourth-order valence-corrected chi connectivity index (χ4v) is 3.31. The third kappa shape index (κ3) is 2.16. The Morgan fingerprint density at radius 1 is 1.40 bits per heavy atom. The lowest BCUT2D eigenvalue weighted by Crippen LogP contribution is -2.21. The molecule has 0 bridgehead atoms. The minimum absolute atomic E-state index is 0.491. The van der Waals surface area contributed by atoms with Crippen LogP contribution < -0.4 is 0 Å². The molecule has 0 saturated carbocycles. The molecule has 2 aromatic rings. The molecular formula is C15H20N4O. The van der Waals surface area contributed by atoms with Crippen molar-refractivity contribution in [3.63, 3.8) is 0 Å². The number of oxazole rings is 1. The maximum Gasteiger partial charge on any atom is 0.208 e. The molecule has 1 saturated heterocycles. The predicted molar refractivity (Wildman–Crippen MR) is 74.4 cm³/mol. The summed E-state index contributed by atoms with van der Waals surface area (Å²) in [6, 6.07) is 0.491. The van der Waals surface area contributed by atoms with Crippen LogP contribution in [-0.2, 0) is 19.4 Å². The van der Waals surface area contributed by atoms with Crippen LogP contribution in [0.15, 0.2) is 16.8 Å². The Kier molecular flexibility index (Phi) is 2.88. The van der Waals surface area contributed by atoms with E-state index in [1.807, 2.05) is 6.20 Å². The SMILES string of the molecule is Cc1cnn(C2CCN(Cc3nc4c(o3)CCC4)C2)c1. The second kappa shape index (κ2) is 4.74. The van der Waals surface area contributed by atoms with Gasteiger partial charge in [0.1, 0.15) is 5.76 Å². The van der Waals surface area contributed by atoms with Gasteiger partial charge >= 0.3 is 0 Å². The highest BCUT2D eigenvalue weighted by atomic mass is 16.4. The second-order valence-corrected chi connectivity index (χ2v) is 6.01. The Morgan fingerprint density at radius 3 is 3.15 bits per heavy atom. The van der Waals surface area contributed by atoms with E-state index in [1.165, 1.54) is 17.7 Å². The van der Waals surface area contributed by atoms with Crippen molar-refractivity contribution in [2.75, 3.05) is 13.1 Å². The van der Waals surface area contributed by atoms with Crippen molar-refractivity contribution >= 4 is 0 Å². The van der Waals surface area contributed by atoms with Gasteiger partial charge in [-0.15, -0.1) is 0 Å². The summed E-state index contributed by atoms with van der Waals surface area (Å²) >= 11 is 0. The number of aryl methyl sites for hydroxylation is 3. The van der Waals surface area contributed by atoms with Gasteiger partial charge < -0.3 is 4.42 Å². The molecule has 5 heteroatoms. The zero-order valence-electron chi connectivity index (χ0n) is 11.9. The molecule has 1 aliphatic heterocycles. The molecule has 4 rings (SSSR count). The van der Waals surface area contributed by atoms with Crippen LogP contribution >= 0.6 is 0 Å². The van der Waals surface area contributed by atoms with E-state index in [2.05, 4.69) is 32.8 Å². The lowest BCUT2D eigenvalue weighted by Gasteiger charge is -2.14. The normalized spacial score (nSPS) is 22.6. The first-order chi connectivity index (χ1) is 9.78. The molecule has 5 nitrogen and oxygen atoms in total. The molecular weight excluding hydrogens is 252 g/mol. The van der Waals surface area contributed by atoms with Crippen LogP contribution in [0.5, 0.6) is 0 Å². The molecule has 106 valence electrons. The lowest BCUT2D eigenvalue weighted by atomic mass is 10.3. The number of hydrogen-bond donors (Lipinski definition) is 0. The van der Waals surface area contributed by atoms with Gasteiger partial charge in [-0.1, -0.05) is 0 Å². The molecule has 1 atom stereocenters. The van der Waals surface area contributed by atoms with Crippen molar-refractivity contribution in [2.24, 2.45) is 0 Å². The third-order valence-electron chi connectivity index (χ3n) is 4.35. The van der Waals surface area contributed by atoms with Crippen LogP contribution in [0.4, 0.5) is 0 Å². The fraction of sp³-hybridized carbons (Fsp3) is 0.600. The lowest BCUT2D eigenvalue weighted by molar-refractivity contribution is 0.273. The van der Waals surface area contributed by atoms with Crippen LogP contribution in [0, 0.1) is 6.92 Å². The van der Waals surface area contributed by atoms with Crippen molar-refractivity contribution in [3.05, 3.63) is 35.3 Å². The van der Waals surface area contributed by atoms with Crippen LogP contribution in [0.1, 0.15) is 41.8 Å². The summed E-state index contributed by atoms with van der Waals surface area (Å²) in [4.78, 5) is 7.04. The summed E-state index contributed by atoms with van der Waals surface area (Å²) in [5, 5.41) is 4.43.